The van der Waals surface area contributed by atoms with E-state index in [0.29, 0.717) is 17.6 Å². The van der Waals surface area contributed by atoms with Gasteiger partial charge in [-0.05, 0) is 0 Å². The van der Waals surface area contributed by atoms with Crippen molar-refractivity contribution in [3.63, 3.8) is 0 Å². The molecule has 7 heteroatoms. The van der Waals surface area contributed by atoms with Crippen molar-refractivity contribution in [1.29, 1.82) is 0 Å². The fourth-order valence-corrected chi connectivity index (χ4v) is 3.78. The van der Waals surface area contributed by atoms with Gasteiger partial charge in [0, 0.05) is 30.7 Å². The van der Waals surface area contributed by atoms with Crippen LogP contribution in [0.2, 0.25) is 4.47 Å². The molecule has 84 valence electrons. The van der Waals surface area contributed by atoms with Crippen molar-refractivity contribution in [3.05, 3.63) is 15.5 Å². The Hall–Kier alpha value is -0.170. The molecule has 0 unspecified atom stereocenters. The van der Waals surface area contributed by atoms with Crippen LogP contribution in [-0.2, 0) is 16.4 Å². The largest absolute Gasteiger partial charge is 0.296 e. The van der Waals surface area contributed by atoms with E-state index in [9.17, 15) is 8.42 Å². The lowest BCUT2D eigenvalue weighted by Crippen LogP contribution is -2.39. The van der Waals surface area contributed by atoms with E-state index in [1.807, 2.05) is 0 Å². The summed E-state index contributed by atoms with van der Waals surface area (Å²) in [5.74, 6) is 0.527. The summed E-state index contributed by atoms with van der Waals surface area (Å²) in [5.41, 5.74) is 0. The van der Waals surface area contributed by atoms with Crippen molar-refractivity contribution in [2.75, 3.05) is 24.6 Å². The predicted molar refractivity (Wildman–Crippen MR) is 61.1 cm³/mol. The minimum atomic E-state index is -2.78. The number of hydrogen-bond acceptors (Lipinski definition) is 5. The van der Waals surface area contributed by atoms with Crippen LogP contribution in [0.1, 0.15) is 4.88 Å². The third-order valence-corrected chi connectivity index (χ3v) is 5.05. The summed E-state index contributed by atoms with van der Waals surface area (Å²) in [6.07, 6.45) is 1.75. The fourth-order valence-electron chi connectivity index (χ4n) is 1.49. The highest BCUT2D eigenvalue weighted by Crippen LogP contribution is 2.20. The number of thiazole rings is 1. The SMILES string of the molecule is O=S1(=O)CCN(Cc2cnc(Cl)s2)CC1. The summed E-state index contributed by atoms with van der Waals surface area (Å²) in [6, 6.07) is 0. The molecule has 0 atom stereocenters. The van der Waals surface area contributed by atoms with Crippen LogP contribution in [-0.4, -0.2) is 42.9 Å². The summed E-state index contributed by atoms with van der Waals surface area (Å²) in [4.78, 5) is 7.15. The molecule has 1 fully saturated rings. The average Bonchev–Trinajstić information content (AvgIpc) is 2.55. The molecule has 1 aliphatic heterocycles. The lowest BCUT2D eigenvalue weighted by Gasteiger charge is -2.25. The van der Waals surface area contributed by atoms with Gasteiger partial charge in [-0.1, -0.05) is 11.6 Å². The number of hydrogen-bond donors (Lipinski definition) is 0. The topological polar surface area (TPSA) is 50.3 Å². The van der Waals surface area contributed by atoms with Crippen molar-refractivity contribution in [2.45, 2.75) is 6.54 Å². The first-order chi connectivity index (χ1) is 7.05. The Morgan fingerprint density at radius 1 is 1.47 bits per heavy atom. The van der Waals surface area contributed by atoms with Crippen molar-refractivity contribution >= 4 is 32.8 Å². The first kappa shape index (κ1) is 11.3. The van der Waals surface area contributed by atoms with Crippen molar-refractivity contribution in [3.8, 4) is 0 Å². The quantitative estimate of drug-likeness (QED) is 0.802. The Morgan fingerprint density at radius 2 is 2.13 bits per heavy atom. The highest BCUT2D eigenvalue weighted by molar-refractivity contribution is 7.91. The maximum Gasteiger partial charge on any atom is 0.183 e. The molecule has 15 heavy (non-hydrogen) atoms. The van der Waals surface area contributed by atoms with Gasteiger partial charge < -0.3 is 0 Å². The van der Waals surface area contributed by atoms with Gasteiger partial charge in [0.15, 0.2) is 14.3 Å². The van der Waals surface area contributed by atoms with E-state index < -0.39 is 9.84 Å². The first-order valence-electron chi connectivity index (χ1n) is 4.58. The molecule has 0 N–H and O–H groups in total. The Morgan fingerprint density at radius 3 is 2.67 bits per heavy atom. The van der Waals surface area contributed by atoms with Crippen LogP contribution in [0.5, 0.6) is 0 Å². The maximum atomic E-state index is 11.2. The molecule has 1 aliphatic rings. The molecule has 2 heterocycles. The maximum absolute atomic E-state index is 11.2. The van der Waals surface area contributed by atoms with Crippen molar-refractivity contribution < 1.29 is 8.42 Å². The van der Waals surface area contributed by atoms with Gasteiger partial charge in [-0.3, -0.25) is 4.90 Å². The Labute approximate surface area is 97.8 Å². The van der Waals surface area contributed by atoms with E-state index in [2.05, 4.69) is 9.88 Å². The van der Waals surface area contributed by atoms with E-state index in [1.165, 1.54) is 11.3 Å². The molecule has 0 saturated carbocycles. The molecule has 0 radical (unpaired) electrons. The molecule has 0 spiro atoms. The van der Waals surface area contributed by atoms with E-state index in [4.69, 9.17) is 11.6 Å². The van der Waals surface area contributed by atoms with Gasteiger partial charge in [0.05, 0.1) is 11.5 Å². The third kappa shape index (κ3) is 3.14. The molecule has 0 bridgehead atoms. The van der Waals surface area contributed by atoms with Gasteiger partial charge in [0.1, 0.15) is 0 Å². The molecule has 4 nitrogen and oxygen atoms in total. The van der Waals surface area contributed by atoms with Crippen LogP contribution in [0.25, 0.3) is 0 Å². The minimum absolute atomic E-state index is 0.263. The molecule has 1 aromatic heterocycles. The molecule has 1 saturated heterocycles. The molecule has 0 amide bonds. The second-order valence-corrected chi connectivity index (χ2v) is 7.51. The fraction of sp³-hybridized carbons (Fsp3) is 0.625. The molecule has 0 aromatic carbocycles. The molecule has 1 aromatic rings. The van der Waals surface area contributed by atoms with Crippen LogP contribution >= 0.6 is 22.9 Å². The van der Waals surface area contributed by atoms with Crippen molar-refractivity contribution in [2.24, 2.45) is 0 Å². The molecular weight excluding hydrogens is 256 g/mol. The van der Waals surface area contributed by atoms with E-state index >= 15 is 0 Å². The normalized spacial score (nSPS) is 21.7. The minimum Gasteiger partial charge on any atom is -0.296 e. The second-order valence-electron chi connectivity index (χ2n) is 3.51. The van der Waals surface area contributed by atoms with Gasteiger partial charge in [-0.15, -0.1) is 11.3 Å². The van der Waals surface area contributed by atoms with Gasteiger partial charge in [0.25, 0.3) is 0 Å². The lowest BCUT2D eigenvalue weighted by molar-refractivity contribution is 0.290. The zero-order valence-corrected chi connectivity index (χ0v) is 10.4. The van der Waals surface area contributed by atoms with Gasteiger partial charge in [-0.25, -0.2) is 13.4 Å². The van der Waals surface area contributed by atoms with Crippen LogP contribution in [0.3, 0.4) is 0 Å². The standard InChI is InChI=1S/C8H11ClN2O2S2/c9-8-10-5-7(14-8)6-11-1-3-15(12,13)4-2-11/h5H,1-4,6H2. The lowest BCUT2D eigenvalue weighted by atomic mass is 10.4. The van der Waals surface area contributed by atoms with Crippen molar-refractivity contribution in [1.82, 2.24) is 9.88 Å². The van der Waals surface area contributed by atoms with Gasteiger partial charge >= 0.3 is 0 Å². The second kappa shape index (κ2) is 4.37. The molecular formula is C8H11ClN2O2S2. The summed E-state index contributed by atoms with van der Waals surface area (Å²) in [6.45, 7) is 1.97. The summed E-state index contributed by atoms with van der Waals surface area (Å²) < 4.78 is 22.9. The Bertz CT molecular complexity index is 429. The smallest absolute Gasteiger partial charge is 0.183 e. The van der Waals surface area contributed by atoms with Gasteiger partial charge in [0.2, 0.25) is 0 Å². The summed E-state index contributed by atoms with van der Waals surface area (Å²) >= 11 is 7.16. The number of halogens is 1. The van der Waals surface area contributed by atoms with Gasteiger partial charge in [-0.2, -0.15) is 0 Å². The number of nitrogens with zero attached hydrogens (tertiary/aromatic N) is 2. The molecule has 0 aliphatic carbocycles. The highest BCUT2D eigenvalue weighted by atomic mass is 35.5. The van der Waals surface area contributed by atoms with E-state index in [-0.39, 0.29) is 11.5 Å². The number of aromatic nitrogens is 1. The van der Waals surface area contributed by atoms with Crippen LogP contribution in [0, 0.1) is 0 Å². The summed E-state index contributed by atoms with van der Waals surface area (Å²) in [7, 11) is -2.78. The Balaban J connectivity index is 1.92. The average molecular weight is 267 g/mol. The zero-order valence-electron chi connectivity index (χ0n) is 8.02. The number of sulfone groups is 1. The zero-order chi connectivity index (χ0) is 10.9. The predicted octanol–water partition coefficient (Wildman–Crippen LogP) is 1.03. The Kier molecular flexibility index (Phi) is 3.30. The highest BCUT2D eigenvalue weighted by Gasteiger charge is 2.21. The van der Waals surface area contributed by atoms with E-state index in [0.717, 1.165) is 11.4 Å². The van der Waals surface area contributed by atoms with E-state index in [1.54, 1.807) is 6.20 Å². The summed E-state index contributed by atoms with van der Waals surface area (Å²) in [5, 5.41) is 0. The number of rotatable bonds is 2. The third-order valence-electron chi connectivity index (χ3n) is 2.34. The first-order valence-corrected chi connectivity index (χ1v) is 7.60. The van der Waals surface area contributed by atoms with Crippen LogP contribution < -0.4 is 0 Å². The monoisotopic (exact) mass is 266 g/mol. The van der Waals surface area contributed by atoms with Crippen LogP contribution in [0.4, 0.5) is 0 Å². The van der Waals surface area contributed by atoms with Crippen LogP contribution in [0.15, 0.2) is 6.20 Å². The molecule has 2 rings (SSSR count).